The molecule has 1 N–H and O–H groups in total. The lowest BCUT2D eigenvalue weighted by Gasteiger charge is -2.42. The summed E-state index contributed by atoms with van der Waals surface area (Å²) in [5.74, 6) is 0.0889. The number of carbonyl (C=O) groups is 1. The van der Waals surface area contributed by atoms with Gasteiger partial charge in [0.25, 0.3) is 0 Å². The molecule has 18 heavy (non-hydrogen) atoms. The van der Waals surface area contributed by atoms with Gasteiger partial charge in [0.2, 0.25) is 5.91 Å². The number of halogens is 1. The molecular formula is C14H19ClN2O. The third kappa shape index (κ3) is 2.38. The van der Waals surface area contributed by atoms with Crippen molar-refractivity contribution in [1.82, 2.24) is 5.32 Å². The average molecular weight is 267 g/mol. The minimum Gasteiger partial charge on any atom is -0.309 e. The number of amides is 1. The van der Waals surface area contributed by atoms with E-state index >= 15 is 0 Å². The Kier molecular flexibility index (Phi) is 3.39. The maximum Gasteiger partial charge on any atom is 0.246 e. The molecule has 1 saturated heterocycles. The SMILES string of the molecule is Cc1ccc(Cl)cc1N1CC(C)NC(C)(C)C1=O. The fourth-order valence-corrected chi connectivity index (χ4v) is 2.66. The lowest BCUT2D eigenvalue weighted by molar-refractivity contribution is -0.125. The molecule has 4 heteroatoms. The van der Waals surface area contributed by atoms with Crippen molar-refractivity contribution in [3.63, 3.8) is 0 Å². The molecule has 1 unspecified atom stereocenters. The summed E-state index contributed by atoms with van der Waals surface area (Å²) in [4.78, 5) is 14.3. The van der Waals surface area contributed by atoms with Gasteiger partial charge < -0.3 is 4.90 Å². The molecule has 0 spiro atoms. The number of nitrogens with zero attached hydrogens (tertiary/aromatic N) is 1. The molecule has 3 nitrogen and oxygen atoms in total. The summed E-state index contributed by atoms with van der Waals surface area (Å²) < 4.78 is 0. The molecule has 1 aromatic rings. The average Bonchev–Trinajstić information content (AvgIpc) is 2.26. The van der Waals surface area contributed by atoms with Gasteiger partial charge in [-0.05, 0) is 45.4 Å². The van der Waals surface area contributed by atoms with Gasteiger partial charge in [-0.15, -0.1) is 0 Å². The number of rotatable bonds is 1. The van der Waals surface area contributed by atoms with Crippen LogP contribution in [0, 0.1) is 6.92 Å². The van der Waals surface area contributed by atoms with Crippen molar-refractivity contribution in [2.24, 2.45) is 0 Å². The summed E-state index contributed by atoms with van der Waals surface area (Å²) in [6, 6.07) is 5.92. The molecule has 0 bridgehead atoms. The lowest BCUT2D eigenvalue weighted by atomic mass is 9.96. The number of aryl methyl sites for hydroxylation is 1. The van der Waals surface area contributed by atoms with E-state index < -0.39 is 5.54 Å². The number of carbonyl (C=O) groups excluding carboxylic acids is 1. The third-order valence-corrected chi connectivity index (χ3v) is 3.54. The van der Waals surface area contributed by atoms with Crippen molar-refractivity contribution in [3.8, 4) is 0 Å². The van der Waals surface area contributed by atoms with E-state index in [1.165, 1.54) is 0 Å². The van der Waals surface area contributed by atoms with Crippen molar-refractivity contribution in [3.05, 3.63) is 28.8 Å². The van der Waals surface area contributed by atoms with Crippen LogP contribution in [0.3, 0.4) is 0 Å². The van der Waals surface area contributed by atoms with E-state index in [2.05, 4.69) is 12.2 Å². The number of hydrogen-bond acceptors (Lipinski definition) is 2. The second kappa shape index (κ2) is 4.56. The summed E-state index contributed by atoms with van der Waals surface area (Å²) in [7, 11) is 0. The molecule has 1 aromatic carbocycles. The molecule has 0 radical (unpaired) electrons. The Morgan fingerprint density at radius 1 is 1.44 bits per heavy atom. The van der Waals surface area contributed by atoms with E-state index in [0.717, 1.165) is 11.3 Å². The van der Waals surface area contributed by atoms with Crippen molar-refractivity contribution in [2.45, 2.75) is 39.3 Å². The van der Waals surface area contributed by atoms with Gasteiger partial charge in [-0.3, -0.25) is 10.1 Å². The van der Waals surface area contributed by atoms with E-state index in [4.69, 9.17) is 11.6 Å². The summed E-state index contributed by atoms with van der Waals surface area (Å²) in [6.45, 7) is 8.58. The molecule has 1 heterocycles. The van der Waals surface area contributed by atoms with Crippen LogP contribution in [0.5, 0.6) is 0 Å². The van der Waals surface area contributed by atoms with Crippen molar-refractivity contribution < 1.29 is 4.79 Å². The highest BCUT2D eigenvalue weighted by Crippen LogP contribution is 2.28. The van der Waals surface area contributed by atoms with Crippen molar-refractivity contribution in [1.29, 1.82) is 0 Å². The van der Waals surface area contributed by atoms with Crippen LogP contribution in [0.4, 0.5) is 5.69 Å². The largest absolute Gasteiger partial charge is 0.309 e. The van der Waals surface area contributed by atoms with Gasteiger partial charge in [-0.1, -0.05) is 17.7 Å². The molecule has 0 saturated carbocycles. The Morgan fingerprint density at radius 2 is 2.11 bits per heavy atom. The summed E-state index contributed by atoms with van der Waals surface area (Å²) in [6.07, 6.45) is 0. The molecule has 2 rings (SSSR count). The summed E-state index contributed by atoms with van der Waals surface area (Å²) in [5, 5.41) is 3.97. The highest BCUT2D eigenvalue weighted by atomic mass is 35.5. The molecule has 1 atom stereocenters. The first-order valence-corrected chi connectivity index (χ1v) is 6.55. The number of anilines is 1. The van der Waals surface area contributed by atoms with E-state index in [1.54, 1.807) is 0 Å². The van der Waals surface area contributed by atoms with Crippen LogP contribution >= 0.6 is 11.6 Å². The van der Waals surface area contributed by atoms with Gasteiger partial charge in [0, 0.05) is 23.3 Å². The van der Waals surface area contributed by atoms with Gasteiger partial charge >= 0.3 is 0 Å². The van der Waals surface area contributed by atoms with E-state index in [-0.39, 0.29) is 11.9 Å². The molecular weight excluding hydrogens is 248 g/mol. The zero-order valence-corrected chi connectivity index (χ0v) is 12.0. The Balaban J connectivity index is 2.42. The van der Waals surface area contributed by atoms with E-state index in [9.17, 15) is 4.79 Å². The molecule has 1 fully saturated rings. The monoisotopic (exact) mass is 266 g/mol. The van der Waals surface area contributed by atoms with Crippen LogP contribution < -0.4 is 10.2 Å². The van der Waals surface area contributed by atoms with Gasteiger partial charge in [0.1, 0.15) is 0 Å². The lowest BCUT2D eigenvalue weighted by Crippen LogP contribution is -2.65. The zero-order valence-electron chi connectivity index (χ0n) is 11.2. The Bertz CT molecular complexity index is 485. The van der Waals surface area contributed by atoms with Crippen LogP contribution in [0.25, 0.3) is 0 Å². The third-order valence-electron chi connectivity index (χ3n) is 3.31. The Hall–Kier alpha value is -1.06. The number of piperazine rings is 1. The normalized spacial score (nSPS) is 23.3. The number of hydrogen-bond donors (Lipinski definition) is 1. The van der Waals surface area contributed by atoms with Crippen LogP contribution in [-0.2, 0) is 4.79 Å². The van der Waals surface area contributed by atoms with Gasteiger partial charge in [0.05, 0.1) is 5.54 Å². The van der Waals surface area contributed by atoms with Crippen LogP contribution in [-0.4, -0.2) is 24.0 Å². The molecule has 0 aromatic heterocycles. The summed E-state index contributed by atoms with van der Waals surface area (Å²) in [5.41, 5.74) is 1.44. The minimum absolute atomic E-state index is 0.0889. The highest BCUT2D eigenvalue weighted by Gasteiger charge is 2.39. The first-order chi connectivity index (χ1) is 8.31. The molecule has 1 aliphatic rings. The maximum absolute atomic E-state index is 12.5. The molecule has 0 aliphatic carbocycles. The van der Waals surface area contributed by atoms with E-state index in [1.807, 2.05) is 43.9 Å². The Morgan fingerprint density at radius 3 is 2.78 bits per heavy atom. The smallest absolute Gasteiger partial charge is 0.246 e. The van der Waals surface area contributed by atoms with Gasteiger partial charge in [-0.2, -0.15) is 0 Å². The second-order valence-corrected chi connectivity index (χ2v) is 5.95. The van der Waals surface area contributed by atoms with Crippen molar-refractivity contribution in [2.75, 3.05) is 11.4 Å². The van der Waals surface area contributed by atoms with Gasteiger partial charge in [0.15, 0.2) is 0 Å². The second-order valence-electron chi connectivity index (χ2n) is 5.52. The van der Waals surface area contributed by atoms with E-state index in [0.29, 0.717) is 11.6 Å². The highest BCUT2D eigenvalue weighted by molar-refractivity contribution is 6.31. The Labute approximate surface area is 113 Å². The minimum atomic E-state index is -0.535. The van der Waals surface area contributed by atoms with Crippen LogP contribution in [0.1, 0.15) is 26.3 Å². The molecule has 1 aliphatic heterocycles. The predicted octanol–water partition coefficient (Wildman–Crippen LogP) is 2.75. The molecule has 1 amide bonds. The fraction of sp³-hybridized carbons (Fsp3) is 0.500. The fourth-order valence-electron chi connectivity index (χ4n) is 2.50. The number of benzene rings is 1. The maximum atomic E-state index is 12.5. The number of nitrogens with one attached hydrogen (secondary N) is 1. The standard InChI is InChI=1S/C14H19ClN2O/c1-9-5-6-11(15)7-12(9)17-8-10(2)16-14(3,4)13(17)18/h5-7,10,16H,8H2,1-4H3. The first-order valence-electron chi connectivity index (χ1n) is 6.17. The summed E-state index contributed by atoms with van der Waals surface area (Å²) >= 11 is 6.04. The topological polar surface area (TPSA) is 32.3 Å². The quantitative estimate of drug-likeness (QED) is 0.848. The molecule has 98 valence electrons. The zero-order chi connectivity index (χ0) is 13.5. The van der Waals surface area contributed by atoms with Crippen LogP contribution in [0.15, 0.2) is 18.2 Å². The van der Waals surface area contributed by atoms with Crippen LogP contribution in [0.2, 0.25) is 5.02 Å². The van der Waals surface area contributed by atoms with Gasteiger partial charge in [-0.25, -0.2) is 0 Å². The first kappa shape index (κ1) is 13.4. The predicted molar refractivity (Wildman–Crippen MR) is 75.2 cm³/mol. The van der Waals surface area contributed by atoms with Crippen molar-refractivity contribution >= 4 is 23.2 Å².